The first-order valence-electron chi connectivity index (χ1n) is 17.1. The smallest absolute Gasteiger partial charge is 0.306 e. The van der Waals surface area contributed by atoms with Crippen LogP contribution in [0.1, 0.15) is 135 Å². The van der Waals surface area contributed by atoms with Crippen molar-refractivity contribution in [1.82, 2.24) is 0 Å². The number of unbranched alkanes of at least 4 members (excludes halogenated alkanes) is 12. The van der Waals surface area contributed by atoms with Gasteiger partial charge in [-0.15, -0.1) is 0 Å². The van der Waals surface area contributed by atoms with Gasteiger partial charge in [0.15, 0.2) is 6.10 Å². The summed E-state index contributed by atoms with van der Waals surface area (Å²) in [6.07, 6.45) is 11.5. The Bertz CT molecular complexity index is 680. The maximum atomic E-state index is 12.5. The van der Waals surface area contributed by atoms with Crippen LogP contribution < -0.4 is 0 Å². The van der Waals surface area contributed by atoms with E-state index in [0.717, 1.165) is 77.0 Å². The monoisotopic (exact) mass is 650 g/mol. The Morgan fingerprint density at radius 2 is 0.711 bits per heavy atom. The summed E-state index contributed by atoms with van der Waals surface area (Å²) in [7, 11) is 0. The highest BCUT2D eigenvalue weighted by Gasteiger charge is 2.19. The molecular formula is C33H62O12. The van der Waals surface area contributed by atoms with E-state index < -0.39 is 42.3 Å². The second-order valence-corrected chi connectivity index (χ2v) is 11.9. The van der Waals surface area contributed by atoms with Gasteiger partial charge < -0.3 is 44.8 Å². The zero-order valence-electron chi connectivity index (χ0n) is 27.3. The molecule has 3 atom stereocenters. The lowest BCUT2D eigenvalue weighted by atomic mass is 10.1. The fourth-order valence-corrected chi connectivity index (χ4v) is 4.69. The molecule has 0 heterocycles. The Labute approximate surface area is 269 Å². The second kappa shape index (κ2) is 30.8. The summed E-state index contributed by atoms with van der Waals surface area (Å²) in [6.45, 7) is -1.12. The average Bonchev–Trinajstić information content (AvgIpc) is 3.03. The molecule has 266 valence electrons. The first kappa shape index (κ1) is 43.2. The van der Waals surface area contributed by atoms with Crippen molar-refractivity contribution in [3.63, 3.8) is 0 Å². The van der Waals surface area contributed by atoms with Crippen LogP contribution in [-0.4, -0.2) is 106 Å². The number of rotatable bonds is 32. The zero-order valence-corrected chi connectivity index (χ0v) is 27.3. The van der Waals surface area contributed by atoms with Crippen molar-refractivity contribution in [3.05, 3.63) is 0 Å². The van der Waals surface area contributed by atoms with E-state index in [0.29, 0.717) is 38.5 Å². The molecule has 12 heteroatoms. The molecular weight excluding hydrogens is 588 g/mol. The molecule has 0 aliphatic carbocycles. The molecule has 0 aliphatic heterocycles. The summed E-state index contributed by atoms with van der Waals surface area (Å²) in [5.41, 5.74) is 0. The second-order valence-electron chi connectivity index (χ2n) is 11.9. The van der Waals surface area contributed by atoms with E-state index in [2.05, 4.69) is 0 Å². The minimum atomic E-state index is -0.902. The minimum absolute atomic E-state index is 0.183. The summed E-state index contributed by atoms with van der Waals surface area (Å²) >= 11 is 0. The van der Waals surface area contributed by atoms with Crippen molar-refractivity contribution >= 4 is 17.9 Å². The first-order valence-corrected chi connectivity index (χ1v) is 17.1. The lowest BCUT2D eigenvalue weighted by molar-refractivity contribution is -0.167. The van der Waals surface area contributed by atoms with Gasteiger partial charge in [-0.1, -0.05) is 77.0 Å². The molecule has 0 aliphatic rings. The number of ether oxygens (including phenoxy) is 3. The molecule has 0 spiro atoms. The van der Waals surface area contributed by atoms with Gasteiger partial charge in [-0.05, 0) is 38.5 Å². The highest BCUT2D eigenvalue weighted by molar-refractivity contribution is 5.71. The molecule has 0 radical (unpaired) electrons. The molecule has 0 fully saturated rings. The Hall–Kier alpha value is -1.83. The van der Waals surface area contributed by atoms with E-state index in [-0.39, 0.29) is 52.3 Å². The largest absolute Gasteiger partial charge is 0.462 e. The van der Waals surface area contributed by atoms with Crippen LogP contribution in [0.5, 0.6) is 0 Å². The molecule has 45 heavy (non-hydrogen) atoms. The van der Waals surface area contributed by atoms with Gasteiger partial charge in [0.25, 0.3) is 0 Å². The number of hydrogen-bond acceptors (Lipinski definition) is 12. The number of aliphatic hydroxyl groups excluding tert-OH is 6. The first-order chi connectivity index (χ1) is 21.7. The van der Waals surface area contributed by atoms with Crippen LogP contribution >= 0.6 is 0 Å². The fourth-order valence-electron chi connectivity index (χ4n) is 4.69. The highest BCUT2D eigenvalue weighted by Crippen LogP contribution is 2.13. The number of aliphatic hydroxyl groups is 6. The van der Waals surface area contributed by atoms with Gasteiger partial charge in [0.2, 0.25) is 0 Å². The molecule has 0 saturated heterocycles. The van der Waals surface area contributed by atoms with Crippen molar-refractivity contribution in [2.75, 3.05) is 33.0 Å². The molecule has 0 saturated carbocycles. The van der Waals surface area contributed by atoms with Crippen molar-refractivity contribution in [2.45, 2.75) is 159 Å². The SMILES string of the molecule is O=C(CCCCCCCC(O)CO)OCC(COC(=O)CCCCCCCC(O)CO)OC(=O)CCCCCCCC(O)CO. The normalized spacial score (nSPS) is 14.0. The van der Waals surface area contributed by atoms with Crippen LogP contribution in [-0.2, 0) is 28.6 Å². The molecule has 0 aromatic heterocycles. The standard InChI is InChI=1S/C33H62O12/c34-22-27(37)16-10-4-1-7-13-19-31(40)43-25-30(45-33(42)21-15-9-3-6-12-18-29(39)24-36)26-44-32(41)20-14-8-2-5-11-17-28(38)23-35/h27-30,34-39H,1-26H2. The van der Waals surface area contributed by atoms with Crippen molar-refractivity contribution < 1.29 is 59.2 Å². The fraction of sp³-hybridized carbons (Fsp3) is 0.909. The van der Waals surface area contributed by atoms with Crippen LogP contribution in [0.4, 0.5) is 0 Å². The van der Waals surface area contributed by atoms with Gasteiger partial charge in [-0.2, -0.15) is 0 Å². The number of esters is 3. The molecule has 6 N–H and O–H groups in total. The summed E-state index contributed by atoms with van der Waals surface area (Å²) in [5, 5.41) is 54.6. The van der Waals surface area contributed by atoms with Crippen LogP contribution in [0.3, 0.4) is 0 Å². The Morgan fingerprint density at radius 1 is 0.422 bits per heavy atom. The van der Waals surface area contributed by atoms with Crippen LogP contribution in [0, 0.1) is 0 Å². The molecule has 12 nitrogen and oxygen atoms in total. The number of carbonyl (C=O) groups excluding carboxylic acids is 3. The molecule has 3 unspecified atom stereocenters. The summed E-state index contributed by atoms with van der Waals surface area (Å²) in [6, 6.07) is 0. The lowest BCUT2D eigenvalue weighted by Gasteiger charge is -2.18. The average molecular weight is 651 g/mol. The van der Waals surface area contributed by atoms with Crippen molar-refractivity contribution in [3.8, 4) is 0 Å². The molecule has 0 aromatic carbocycles. The predicted molar refractivity (Wildman–Crippen MR) is 168 cm³/mol. The maximum absolute atomic E-state index is 12.5. The highest BCUT2D eigenvalue weighted by atomic mass is 16.6. The van der Waals surface area contributed by atoms with Crippen molar-refractivity contribution in [2.24, 2.45) is 0 Å². The molecule has 0 amide bonds. The number of carbonyl (C=O) groups is 3. The predicted octanol–water partition coefficient (Wildman–Crippen LogP) is 3.24. The van der Waals surface area contributed by atoms with Gasteiger partial charge in [0, 0.05) is 19.3 Å². The van der Waals surface area contributed by atoms with E-state index >= 15 is 0 Å². The zero-order chi connectivity index (χ0) is 33.5. The Kier molecular flexibility index (Phi) is 29.6. The third-order valence-corrected chi connectivity index (χ3v) is 7.55. The van der Waals surface area contributed by atoms with Gasteiger partial charge in [-0.3, -0.25) is 14.4 Å². The third kappa shape index (κ3) is 29.3. The molecule has 0 rings (SSSR count). The Balaban J connectivity index is 4.43. The Morgan fingerprint density at radius 3 is 1.04 bits per heavy atom. The molecule has 0 bridgehead atoms. The van der Waals surface area contributed by atoms with Crippen LogP contribution in [0.25, 0.3) is 0 Å². The van der Waals surface area contributed by atoms with E-state index in [4.69, 9.17) is 29.5 Å². The summed E-state index contributed by atoms with van der Waals surface area (Å²) in [4.78, 5) is 37.0. The molecule has 0 aromatic rings. The van der Waals surface area contributed by atoms with Crippen molar-refractivity contribution in [1.29, 1.82) is 0 Å². The maximum Gasteiger partial charge on any atom is 0.306 e. The van der Waals surface area contributed by atoms with E-state index in [1.165, 1.54) is 0 Å². The van der Waals surface area contributed by atoms with E-state index in [1.807, 2.05) is 0 Å². The van der Waals surface area contributed by atoms with Gasteiger partial charge in [0.05, 0.1) is 38.1 Å². The van der Waals surface area contributed by atoms with E-state index in [1.54, 1.807) is 0 Å². The quantitative estimate of drug-likeness (QED) is 0.0353. The topological polar surface area (TPSA) is 200 Å². The van der Waals surface area contributed by atoms with Crippen LogP contribution in [0.15, 0.2) is 0 Å². The van der Waals surface area contributed by atoms with E-state index in [9.17, 15) is 29.7 Å². The number of hydrogen-bond donors (Lipinski definition) is 6. The van der Waals surface area contributed by atoms with Gasteiger partial charge in [-0.25, -0.2) is 0 Å². The third-order valence-electron chi connectivity index (χ3n) is 7.55. The minimum Gasteiger partial charge on any atom is -0.462 e. The summed E-state index contributed by atoms with van der Waals surface area (Å²) in [5.74, 6) is -1.30. The van der Waals surface area contributed by atoms with Crippen LogP contribution in [0.2, 0.25) is 0 Å². The lowest BCUT2D eigenvalue weighted by Crippen LogP contribution is -2.30. The van der Waals surface area contributed by atoms with Gasteiger partial charge >= 0.3 is 17.9 Å². The van der Waals surface area contributed by atoms with Gasteiger partial charge in [0.1, 0.15) is 13.2 Å². The summed E-state index contributed by atoms with van der Waals surface area (Å²) < 4.78 is 16.2.